The van der Waals surface area contributed by atoms with E-state index in [1.54, 1.807) is 0 Å². The van der Waals surface area contributed by atoms with Crippen LogP contribution in [0, 0.1) is 11.6 Å². The minimum Gasteiger partial charge on any atom is -0.296 e. The van der Waals surface area contributed by atoms with E-state index in [2.05, 4.69) is 4.98 Å². The molecule has 17 heavy (non-hydrogen) atoms. The number of aldehydes is 1. The number of aromatic nitrogens is 1. The van der Waals surface area contributed by atoms with Crippen molar-refractivity contribution in [3.8, 4) is 11.1 Å². The van der Waals surface area contributed by atoms with Crippen LogP contribution in [0.4, 0.5) is 8.78 Å². The minimum atomic E-state index is -1.03. The van der Waals surface area contributed by atoms with Gasteiger partial charge in [0, 0.05) is 17.3 Å². The summed E-state index contributed by atoms with van der Waals surface area (Å²) in [5.74, 6) is -2.01. The lowest BCUT2D eigenvalue weighted by atomic mass is 10.0. The van der Waals surface area contributed by atoms with Crippen LogP contribution in [0.15, 0.2) is 30.5 Å². The third kappa shape index (κ3) is 2.17. The van der Waals surface area contributed by atoms with Gasteiger partial charge in [-0.05, 0) is 12.1 Å². The number of hydrogen-bond donors (Lipinski definition) is 0. The molecule has 86 valence electrons. The van der Waals surface area contributed by atoms with Crippen molar-refractivity contribution >= 4 is 17.9 Å². The number of rotatable bonds is 2. The predicted molar refractivity (Wildman–Crippen MR) is 60.0 cm³/mol. The van der Waals surface area contributed by atoms with Gasteiger partial charge >= 0.3 is 0 Å². The van der Waals surface area contributed by atoms with Gasteiger partial charge in [-0.25, -0.2) is 8.78 Å². The molecule has 0 saturated heterocycles. The monoisotopic (exact) mass is 253 g/mol. The zero-order valence-electron chi connectivity index (χ0n) is 8.45. The molecule has 2 aromatic rings. The van der Waals surface area contributed by atoms with Gasteiger partial charge in [0.05, 0.1) is 5.02 Å². The molecule has 2 nitrogen and oxygen atoms in total. The number of pyridine rings is 1. The van der Waals surface area contributed by atoms with Gasteiger partial charge < -0.3 is 0 Å². The van der Waals surface area contributed by atoms with Gasteiger partial charge in [-0.2, -0.15) is 0 Å². The Morgan fingerprint density at radius 1 is 1.24 bits per heavy atom. The fraction of sp³-hybridized carbons (Fsp3) is 0. The first kappa shape index (κ1) is 11.7. The standard InChI is InChI=1S/C12H6ClF2NO/c13-7-4-9(11(6-17)16-5-7)8-2-1-3-10(14)12(8)15/h1-6H. The molecule has 0 radical (unpaired) electrons. The van der Waals surface area contributed by atoms with Gasteiger partial charge in [0.15, 0.2) is 17.9 Å². The summed E-state index contributed by atoms with van der Waals surface area (Å²) >= 11 is 5.72. The molecule has 0 aliphatic heterocycles. The van der Waals surface area contributed by atoms with Crippen LogP contribution in [0.5, 0.6) is 0 Å². The maximum atomic E-state index is 13.6. The fourth-order valence-electron chi connectivity index (χ4n) is 1.47. The summed E-state index contributed by atoms with van der Waals surface area (Å²) in [4.78, 5) is 14.5. The third-order valence-electron chi connectivity index (χ3n) is 2.24. The smallest absolute Gasteiger partial charge is 0.169 e. The molecule has 0 saturated carbocycles. The number of halogens is 3. The molecule has 0 fully saturated rings. The summed E-state index contributed by atoms with van der Waals surface area (Å²) in [5, 5.41) is 0.245. The molecule has 1 aromatic heterocycles. The van der Waals surface area contributed by atoms with Gasteiger partial charge in [0.2, 0.25) is 0 Å². The highest BCUT2D eigenvalue weighted by atomic mass is 35.5. The van der Waals surface area contributed by atoms with Crippen molar-refractivity contribution in [3.05, 3.63) is 52.8 Å². The highest BCUT2D eigenvalue weighted by molar-refractivity contribution is 6.30. The quantitative estimate of drug-likeness (QED) is 0.767. The van der Waals surface area contributed by atoms with E-state index in [9.17, 15) is 13.6 Å². The summed E-state index contributed by atoms with van der Waals surface area (Å²) in [6.45, 7) is 0. The van der Waals surface area contributed by atoms with Gasteiger partial charge in [-0.1, -0.05) is 23.7 Å². The second-order valence-corrected chi connectivity index (χ2v) is 3.74. The van der Waals surface area contributed by atoms with Crippen LogP contribution in [-0.4, -0.2) is 11.3 Å². The Labute approximate surface area is 101 Å². The summed E-state index contributed by atoms with van der Waals surface area (Å²) in [7, 11) is 0. The van der Waals surface area contributed by atoms with Crippen molar-refractivity contribution in [2.24, 2.45) is 0 Å². The topological polar surface area (TPSA) is 30.0 Å². The Hall–Kier alpha value is -1.81. The average molecular weight is 254 g/mol. The molecular formula is C12H6ClF2NO. The molecular weight excluding hydrogens is 248 g/mol. The van der Waals surface area contributed by atoms with E-state index < -0.39 is 11.6 Å². The van der Waals surface area contributed by atoms with Gasteiger partial charge in [0.25, 0.3) is 0 Å². The van der Waals surface area contributed by atoms with Crippen LogP contribution < -0.4 is 0 Å². The molecule has 1 heterocycles. The van der Waals surface area contributed by atoms with Crippen molar-refractivity contribution in [2.45, 2.75) is 0 Å². The van der Waals surface area contributed by atoms with E-state index >= 15 is 0 Å². The van der Waals surface area contributed by atoms with E-state index in [1.807, 2.05) is 0 Å². The summed E-state index contributed by atoms with van der Waals surface area (Å²) < 4.78 is 26.7. The van der Waals surface area contributed by atoms with Crippen molar-refractivity contribution in [3.63, 3.8) is 0 Å². The highest BCUT2D eigenvalue weighted by Gasteiger charge is 2.14. The molecule has 0 aliphatic carbocycles. The molecule has 0 bridgehead atoms. The molecule has 0 unspecified atom stereocenters. The van der Waals surface area contributed by atoms with Crippen LogP contribution >= 0.6 is 11.6 Å². The summed E-state index contributed by atoms with van der Waals surface area (Å²) in [6.07, 6.45) is 1.74. The second kappa shape index (κ2) is 4.59. The van der Waals surface area contributed by atoms with E-state index in [4.69, 9.17) is 11.6 Å². The number of nitrogens with zero attached hydrogens (tertiary/aromatic N) is 1. The lowest BCUT2D eigenvalue weighted by Gasteiger charge is -2.06. The second-order valence-electron chi connectivity index (χ2n) is 3.31. The number of carbonyl (C=O) groups excluding carboxylic acids is 1. The van der Waals surface area contributed by atoms with Crippen molar-refractivity contribution < 1.29 is 13.6 Å². The number of carbonyl (C=O) groups is 1. The predicted octanol–water partition coefficient (Wildman–Crippen LogP) is 3.49. The largest absolute Gasteiger partial charge is 0.296 e. The number of benzene rings is 1. The van der Waals surface area contributed by atoms with Gasteiger partial charge in [-0.15, -0.1) is 0 Å². The van der Waals surface area contributed by atoms with E-state index in [-0.39, 0.29) is 21.8 Å². The Morgan fingerprint density at radius 3 is 2.71 bits per heavy atom. The van der Waals surface area contributed by atoms with Crippen LogP contribution in [0.3, 0.4) is 0 Å². The van der Waals surface area contributed by atoms with Crippen LogP contribution in [-0.2, 0) is 0 Å². The minimum absolute atomic E-state index is 0.0129. The Kier molecular flexibility index (Phi) is 3.15. The Bertz CT molecular complexity index is 587. The fourth-order valence-corrected chi connectivity index (χ4v) is 1.63. The summed E-state index contributed by atoms with van der Waals surface area (Å²) in [6, 6.07) is 5.08. The van der Waals surface area contributed by atoms with Crippen LogP contribution in [0.25, 0.3) is 11.1 Å². The molecule has 5 heteroatoms. The highest BCUT2D eigenvalue weighted by Crippen LogP contribution is 2.28. The normalized spacial score (nSPS) is 10.3. The maximum absolute atomic E-state index is 13.6. The molecule has 0 N–H and O–H groups in total. The van der Waals surface area contributed by atoms with Crippen LogP contribution in [0.1, 0.15) is 10.5 Å². The van der Waals surface area contributed by atoms with E-state index in [0.29, 0.717) is 6.29 Å². The molecule has 0 amide bonds. The SMILES string of the molecule is O=Cc1ncc(Cl)cc1-c1cccc(F)c1F. The summed E-state index contributed by atoms with van der Waals surface area (Å²) in [5.41, 5.74) is 0.144. The first-order valence-electron chi connectivity index (χ1n) is 4.68. The van der Waals surface area contributed by atoms with Crippen molar-refractivity contribution in [1.29, 1.82) is 0 Å². The van der Waals surface area contributed by atoms with Crippen molar-refractivity contribution in [2.75, 3.05) is 0 Å². The molecule has 2 rings (SSSR count). The number of hydrogen-bond acceptors (Lipinski definition) is 2. The van der Waals surface area contributed by atoms with Gasteiger partial charge in [0.1, 0.15) is 5.69 Å². The molecule has 0 atom stereocenters. The van der Waals surface area contributed by atoms with Crippen LogP contribution in [0.2, 0.25) is 5.02 Å². The molecule has 1 aromatic carbocycles. The first-order chi connectivity index (χ1) is 8.13. The third-order valence-corrected chi connectivity index (χ3v) is 2.45. The zero-order valence-corrected chi connectivity index (χ0v) is 9.21. The van der Waals surface area contributed by atoms with E-state index in [0.717, 1.165) is 6.07 Å². The molecule has 0 spiro atoms. The average Bonchev–Trinajstić information content (AvgIpc) is 2.33. The Balaban J connectivity index is 2.71. The maximum Gasteiger partial charge on any atom is 0.169 e. The first-order valence-corrected chi connectivity index (χ1v) is 5.06. The Morgan fingerprint density at radius 2 is 2.00 bits per heavy atom. The van der Waals surface area contributed by atoms with Gasteiger partial charge in [-0.3, -0.25) is 9.78 Å². The molecule has 0 aliphatic rings. The lowest BCUT2D eigenvalue weighted by molar-refractivity contribution is 0.111. The van der Waals surface area contributed by atoms with E-state index in [1.165, 1.54) is 24.4 Å². The zero-order chi connectivity index (χ0) is 12.4. The lowest BCUT2D eigenvalue weighted by Crippen LogP contribution is -1.96. The van der Waals surface area contributed by atoms with Crippen molar-refractivity contribution in [1.82, 2.24) is 4.98 Å².